The summed E-state index contributed by atoms with van der Waals surface area (Å²) in [4.78, 5) is 28.9. The van der Waals surface area contributed by atoms with Gasteiger partial charge in [-0.25, -0.2) is 8.42 Å². The number of benzene rings is 4. The number of carbonyl (C=O) groups is 2. The van der Waals surface area contributed by atoms with Crippen molar-refractivity contribution in [3.05, 3.63) is 96.1 Å². The molecule has 0 bridgehead atoms. The summed E-state index contributed by atoms with van der Waals surface area (Å²) in [5, 5.41) is 4.52. The fraction of sp³-hybridized carbons (Fsp3) is 0.226. The van der Waals surface area contributed by atoms with Crippen molar-refractivity contribution in [1.82, 2.24) is 4.31 Å². The minimum absolute atomic E-state index is 0.0861. The molecular formula is C31H29N3O5S. The van der Waals surface area contributed by atoms with E-state index in [9.17, 15) is 18.0 Å². The van der Waals surface area contributed by atoms with Gasteiger partial charge in [0.05, 0.1) is 24.2 Å². The van der Waals surface area contributed by atoms with Crippen LogP contribution in [0, 0.1) is 0 Å². The molecule has 40 heavy (non-hydrogen) atoms. The van der Waals surface area contributed by atoms with Crippen LogP contribution in [0.25, 0.3) is 10.8 Å². The maximum Gasteiger partial charge on any atom is 0.259 e. The van der Waals surface area contributed by atoms with Crippen molar-refractivity contribution in [1.29, 1.82) is 0 Å². The summed E-state index contributed by atoms with van der Waals surface area (Å²) >= 11 is 0. The predicted molar refractivity (Wildman–Crippen MR) is 154 cm³/mol. The molecule has 2 heterocycles. The molecule has 2 aliphatic heterocycles. The average Bonchev–Trinajstić information content (AvgIpc) is 3.26. The molecule has 4 aromatic carbocycles. The van der Waals surface area contributed by atoms with Gasteiger partial charge in [0.25, 0.3) is 5.91 Å². The number of nitrogens with one attached hydrogen (secondary N) is 1. The predicted octanol–water partition coefficient (Wildman–Crippen LogP) is 5.19. The second-order valence-electron chi connectivity index (χ2n) is 10.0. The largest absolute Gasteiger partial charge is 0.497 e. The number of hydrogen-bond acceptors (Lipinski definition) is 5. The third kappa shape index (κ3) is 4.51. The number of ether oxygens (including phenoxy) is 1. The van der Waals surface area contributed by atoms with Crippen LogP contribution in [0.4, 0.5) is 11.4 Å². The van der Waals surface area contributed by atoms with Gasteiger partial charge in [-0.2, -0.15) is 4.31 Å². The van der Waals surface area contributed by atoms with Crippen molar-refractivity contribution in [3.63, 3.8) is 0 Å². The van der Waals surface area contributed by atoms with E-state index in [0.717, 1.165) is 28.4 Å². The van der Waals surface area contributed by atoms with Crippen molar-refractivity contribution in [2.24, 2.45) is 0 Å². The zero-order valence-corrected chi connectivity index (χ0v) is 22.9. The van der Waals surface area contributed by atoms with Gasteiger partial charge in [-0.15, -0.1) is 0 Å². The lowest BCUT2D eigenvalue weighted by Crippen LogP contribution is -2.49. The Labute approximate surface area is 233 Å². The molecule has 1 fully saturated rings. The first-order valence-electron chi connectivity index (χ1n) is 13.3. The Morgan fingerprint density at radius 2 is 1.73 bits per heavy atom. The number of hydrogen-bond donors (Lipinski definition) is 1. The molecule has 6 rings (SSSR count). The highest BCUT2D eigenvalue weighted by atomic mass is 32.2. The van der Waals surface area contributed by atoms with Gasteiger partial charge in [-0.3, -0.25) is 9.59 Å². The van der Waals surface area contributed by atoms with E-state index in [2.05, 4.69) is 5.32 Å². The minimum Gasteiger partial charge on any atom is -0.497 e. The molecule has 0 radical (unpaired) electrons. The first-order chi connectivity index (χ1) is 19.4. The number of methoxy groups -OCH3 is 1. The molecule has 0 spiro atoms. The molecule has 0 saturated carbocycles. The minimum atomic E-state index is -3.90. The lowest BCUT2D eigenvalue weighted by atomic mass is 10.0. The lowest BCUT2D eigenvalue weighted by molar-refractivity contribution is -0.120. The third-order valence-corrected chi connectivity index (χ3v) is 9.57. The summed E-state index contributed by atoms with van der Waals surface area (Å²) in [5.74, 6) is 0.0830. The molecule has 4 aromatic rings. The van der Waals surface area contributed by atoms with E-state index in [1.165, 1.54) is 23.5 Å². The smallest absolute Gasteiger partial charge is 0.259 e. The Hall–Kier alpha value is -4.21. The Morgan fingerprint density at radius 3 is 2.48 bits per heavy atom. The summed E-state index contributed by atoms with van der Waals surface area (Å²) in [6, 6.07) is 24.3. The van der Waals surface area contributed by atoms with Gasteiger partial charge in [-0.1, -0.05) is 48.9 Å². The van der Waals surface area contributed by atoms with Gasteiger partial charge in [0.2, 0.25) is 15.9 Å². The van der Waals surface area contributed by atoms with Crippen LogP contribution >= 0.6 is 0 Å². The highest BCUT2D eigenvalue weighted by Crippen LogP contribution is 2.41. The second kappa shape index (κ2) is 10.4. The summed E-state index contributed by atoms with van der Waals surface area (Å²) < 4.78 is 33.6. The average molecular weight is 556 g/mol. The van der Waals surface area contributed by atoms with Gasteiger partial charge < -0.3 is 15.0 Å². The molecule has 1 N–H and O–H groups in total. The fourth-order valence-electron chi connectivity index (χ4n) is 5.63. The SMILES string of the molecule is COc1ccc(S(=O)(=O)N2CCCCC2C(=O)Nc2ccc3c4c(cccc24)C(=O)N3Cc2ccccc2)cc1. The topological polar surface area (TPSA) is 96.0 Å². The summed E-state index contributed by atoms with van der Waals surface area (Å²) in [6.45, 7) is 0.703. The third-order valence-electron chi connectivity index (χ3n) is 7.65. The first kappa shape index (κ1) is 26.0. The van der Waals surface area contributed by atoms with Gasteiger partial charge in [-0.05, 0) is 60.9 Å². The van der Waals surface area contributed by atoms with E-state index in [-0.39, 0.29) is 23.3 Å². The quantitative estimate of drug-likeness (QED) is 0.339. The van der Waals surface area contributed by atoms with Crippen LogP contribution in [0.1, 0.15) is 35.2 Å². The van der Waals surface area contributed by atoms with Gasteiger partial charge in [0, 0.05) is 28.6 Å². The maximum absolute atomic E-state index is 13.6. The molecule has 204 valence electrons. The molecular weight excluding hydrogens is 526 g/mol. The molecule has 9 heteroatoms. The van der Waals surface area contributed by atoms with Crippen molar-refractivity contribution >= 4 is 44.0 Å². The normalized spacial score (nSPS) is 17.3. The van der Waals surface area contributed by atoms with Crippen LogP contribution < -0.4 is 15.0 Å². The molecule has 8 nitrogen and oxygen atoms in total. The van der Waals surface area contributed by atoms with Gasteiger partial charge >= 0.3 is 0 Å². The Balaban J connectivity index is 1.30. The summed E-state index contributed by atoms with van der Waals surface area (Å²) in [7, 11) is -2.38. The number of nitrogens with zero attached hydrogens (tertiary/aromatic N) is 2. The lowest BCUT2D eigenvalue weighted by Gasteiger charge is -2.33. The zero-order chi connectivity index (χ0) is 27.9. The Morgan fingerprint density at radius 1 is 0.950 bits per heavy atom. The number of amides is 2. The number of sulfonamides is 1. The second-order valence-corrected chi connectivity index (χ2v) is 11.9. The molecule has 0 aromatic heterocycles. The number of rotatable bonds is 7. The van der Waals surface area contributed by atoms with Gasteiger partial charge in [0.15, 0.2) is 0 Å². The van der Waals surface area contributed by atoms with Crippen molar-refractivity contribution < 1.29 is 22.7 Å². The first-order valence-corrected chi connectivity index (χ1v) is 14.7. The van der Waals surface area contributed by atoms with Crippen LogP contribution in [-0.4, -0.2) is 44.2 Å². The monoisotopic (exact) mass is 555 g/mol. The Bertz CT molecular complexity index is 1700. The van der Waals surface area contributed by atoms with Crippen LogP contribution in [0.3, 0.4) is 0 Å². The zero-order valence-electron chi connectivity index (χ0n) is 22.0. The molecule has 0 aliphatic carbocycles. The van der Waals surface area contributed by atoms with Crippen LogP contribution in [0.2, 0.25) is 0 Å². The molecule has 2 amide bonds. The Kier molecular flexibility index (Phi) is 6.77. The maximum atomic E-state index is 13.6. The van der Waals surface area contributed by atoms with Crippen molar-refractivity contribution in [2.75, 3.05) is 23.9 Å². The van der Waals surface area contributed by atoms with Crippen LogP contribution in [0.15, 0.2) is 89.8 Å². The van der Waals surface area contributed by atoms with Crippen molar-refractivity contribution in [3.8, 4) is 5.75 Å². The van der Waals surface area contributed by atoms with Crippen LogP contribution in [0.5, 0.6) is 5.75 Å². The van der Waals surface area contributed by atoms with E-state index >= 15 is 0 Å². The van der Waals surface area contributed by atoms with E-state index in [1.54, 1.807) is 29.2 Å². The molecule has 2 aliphatic rings. The standard InChI is InChI=1S/C31H29N3O5S/c1-39-22-13-15-23(16-14-22)40(37,38)34-19-6-5-12-28(34)30(35)32-26-17-18-27-29-24(26)10-7-11-25(29)31(36)33(27)20-21-8-3-2-4-9-21/h2-4,7-11,13-18,28H,5-6,12,19-20H2,1H3,(H,32,35). The molecule has 1 saturated heterocycles. The molecule has 1 unspecified atom stereocenters. The highest BCUT2D eigenvalue weighted by molar-refractivity contribution is 7.89. The van der Waals surface area contributed by atoms with E-state index < -0.39 is 16.1 Å². The van der Waals surface area contributed by atoms with Crippen LogP contribution in [-0.2, 0) is 21.4 Å². The van der Waals surface area contributed by atoms with E-state index in [1.807, 2.05) is 48.5 Å². The highest BCUT2D eigenvalue weighted by Gasteiger charge is 2.38. The summed E-state index contributed by atoms with van der Waals surface area (Å²) in [6.07, 6.45) is 1.85. The summed E-state index contributed by atoms with van der Waals surface area (Å²) in [5.41, 5.74) is 2.94. The van der Waals surface area contributed by atoms with E-state index in [4.69, 9.17) is 4.74 Å². The van der Waals surface area contributed by atoms with E-state index in [0.29, 0.717) is 36.4 Å². The van der Waals surface area contributed by atoms with Crippen molar-refractivity contribution in [2.45, 2.75) is 36.7 Å². The fourth-order valence-corrected chi connectivity index (χ4v) is 7.29. The number of anilines is 2. The molecule has 1 atom stereocenters. The van der Waals surface area contributed by atoms with Gasteiger partial charge in [0.1, 0.15) is 11.8 Å². The number of carbonyl (C=O) groups excluding carboxylic acids is 2. The number of piperidine rings is 1.